The van der Waals surface area contributed by atoms with Crippen molar-refractivity contribution in [1.29, 1.82) is 0 Å². The molecule has 5 nitrogen and oxygen atoms in total. The van der Waals surface area contributed by atoms with Gasteiger partial charge in [-0.3, -0.25) is 9.78 Å². The number of rotatable bonds is 2. The van der Waals surface area contributed by atoms with Crippen LogP contribution in [-0.4, -0.2) is 38.5 Å². The quantitative estimate of drug-likeness (QED) is 0.907. The van der Waals surface area contributed by atoms with Crippen molar-refractivity contribution >= 4 is 5.91 Å². The predicted octanol–water partition coefficient (Wildman–Crippen LogP) is 2.63. The van der Waals surface area contributed by atoms with Crippen LogP contribution in [0.5, 0.6) is 0 Å². The van der Waals surface area contributed by atoms with E-state index in [0.29, 0.717) is 17.0 Å². The summed E-state index contributed by atoms with van der Waals surface area (Å²) in [6.45, 7) is 5.39. The number of carbonyl (C=O) groups excluding carboxylic acids is 1. The average Bonchev–Trinajstić information content (AvgIpc) is 2.95. The van der Waals surface area contributed by atoms with E-state index in [1.54, 1.807) is 13.8 Å². The number of hydrogen-bond donors (Lipinski definition) is 1. The molecule has 1 aliphatic heterocycles. The lowest BCUT2D eigenvalue weighted by atomic mass is 10.0. The van der Waals surface area contributed by atoms with Gasteiger partial charge in [-0.2, -0.15) is 0 Å². The molecule has 1 aromatic carbocycles. The Morgan fingerprint density at radius 1 is 1.12 bits per heavy atom. The van der Waals surface area contributed by atoms with Gasteiger partial charge in [-0.15, -0.1) is 0 Å². The molecule has 1 aliphatic rings. The number of carbonyl (C=O) groups is 1. The van der Waals surface area contributed by atoms with Gasteiger partial charge in [0.2, 0.25) is 0 Å². The number of hydrogen-bond acceptors (Lipinski definition) is 4. The highest BCUT2D eigenvalue weighted by molar-refractivity contribution is 5.94. The second-order valence-corrected chi connectivity index (χ2v) is 6.36. The van der Waals surface area contributed by atoms with Gasteiger partial charge in [-0.25, -0.2) is 13.8 Å². The van der Waals surface area contributed by atoms with E-state index in [1.165, 1.54) is 11.0 Å². The number of nitrogens with zero attached hydrogens (tertiary/aromatic N) is 3. The van der Waals surface area contributed by atoms with Gasteiger partial charge < -0.3 is 10.0 Å². The molecule has 1 aromatic heterocycles. The van der Waals surface area contributed by atoms with Crippen molar-refractivity contribution in [3.8, 4) is 0 Å². The number of aliphatic hydroxyl groups excluding tert-OH is 1. The SMILES string of the molecule is Cc1nc(C)c(C(=O)N2CC(O)CC2c2ccc(F)c(F)c2)nc1C. The van der Waals surface area contributed by atoms with Crippen LogP contribution in [0.2, 0.25) is 0 Å². The molecule has 0 bridgehead atoms. The summed E-state index contributed by atoms with van der Waals surface area (Å²) < 4.78 is 26.8. The number of aromatic nitrogens is 2. The smallest absolute Gasteiger partial charge is 0.274 e. The van der Waals surface area contributed by atoms with Crippen LogP contribution in [-0.2, 0) is 0 Å². The zero-order chi connectivity index (χ0) is 18.3. The number of β-amino-alcohol motifs (C(OH)–C–C–N with tert-alkyl or cyclic N) is 1. The Kier molecular flexibility index (Phi) is 4.51. The highest BCUT2D eigenvalue weighted by Gasteiger charge is 2.37. The van der Waals surface area contributed by atoms with E-state index in [-0.39, 0.29) is 24.6 Å². The highest BCUT2D eigenvalue weighted by atomic mass is 19.2. The maximum absolute atomic E-state index is 13.6. The topological polar surface area (TPSA) is 66.3 Å². The van der Waals surface area contributed by atoms with Gasteiger partial charge in [0, 0.05) is 6.54 Å². The average molecular weight is 347 g/mol. The van der Waals surface area contributed by atoms with E-state index in [2.05, 4.69) is 9.97 Å². The van der Waals surface area contributed by atoms with Crippen LogP contribution < -0.4 is 0 Å². The van der Waals surface area contributed by atoms with Crippen molar-refractivity contribution in [3.63, 3.8) is 0 Å². The van der Waals surface area contributed by atoms with Crippen LogP contribution in [0.1, 0.15) is 45.6 Å². The van der Waals surface area contributed by atoms with Crippen molar-refractivity contribution in [3.05, 3.63) is 58.2 Å². The summed E-state index contributed by atoms with van der Waals surface area (Å²) >= 11 is 0. The second-order valence-electron chi connectivity index (χ2n) is 6.36. The first-order valence-electron chi connectivity index (χ1n) is 8.03. The fourth-order valence-corrected chi connectivity index (χ4v) is 3.13. The lowest BCUT2D eigenvalue weighted by molar-refractivity contribution is 0.0708. The van der Waals surface area contributed by atoms with E-state index in [1.807, 2.05) is 6.92 Å². The van der Waals surface area contributed by atoms with E-state index in [4.69, 9.17) is 0 Å². The molecule has 1 amide bonds. The molecule has 2 unspecified atom stereocenters. The molecule has 7 heteroatoms. The summed E-state index contributed by atoms with van der Waals surface area (Å²) in [4.78, 5) is 23.1. The minimum absolute atomic E-state index is 0.108. The maximum Gasteiger partial charge on any atom is 0.274 e. The van der Waals surface area contributed by atoms with E-state index in [9.17, 15) is 18.7 Å². The van der Waals surface area contributed by atoms with E-state index < -0.39 is 23.8 Å². The largest absolute Gasteiger partial charge is 0.391 e. The van der Waals surface area contributed by atoms with Gasteiger partial charge in [0.1, 0.15) is 5.69 Å². The molecular formula is C18H19F2N3O2. The van der Waals surface area contributed by atoms with Gasteiger partial charge in [-0.1, -0.05) is 6.07 Å². The molecule has 3 rings (SSSR count). The first-order chi connectivity index (χ1) is 11.8. The minimum Gasteiger partial charge on any atom is -0.391 e. The predicted molar refractivity (Wildman–Crippen MR) is 87.0 cm³/mol. The second kappa shape index (κ2) is 6.48. The molecule has 0 radical (unpaired) electrons. The minimum atomic E-state index is -0.978. The summed E-state index contributed by atoms with van der Waals surface area (Å²) in [7, 11) is 0. The molecule has 132 valence electrons. The molecule has 1 saturated heterocycles. The van der Waals surface area contributed by atoms with Crippen LogP contribution in [0, 0.1) is 32.4 Å². The third-order valence-corrected chi connectivity index (χ3v) is 4.55. The molecule has 25 heavy (non-hydrogen) atoms. The molecule has 2 heterocycles. The fraction of sp³-hybridized carbons (Fsp3) is 0.389. The lowest BCUT2D eigenvalue weighted by Crippen LogP contribution is -2.33. The Bertz CT molecular complexity index is 841. The number of amides is 1. The summed E-state index contributed by atoms with van der Waals surface area (Å²) in [5.41, 5.74) is 2.55. The van der Waals surface area contributed by atoms with E-state index >= 15 is 0 Å². The van der Waals surface area contributed by atoms with Gasteiger partial charge in [0.15, 0.2) is 11.6 Å². The number of benzene rings is 1. The van der Waals surface area contributed by atoms with Crippen LogP contribution in [0.15, 0.2) is 18.2 Å². The van der Waals surface area contributed by atoms with Crippen molar-refractivity contribution < 1.29 is 18.7 Å². The van der Waals surface area contributed by atoms with Crippen LogP contribution in [0.3, 0.4) is 0 Å². The van der Waals surface area contributed by atoms with Crippen LogP contribution >= 0.6 is 0 Å². The first kappa shape index (κ1) is 17.4. The molecule has 1 N–H and O–H groups in total. The Labute approximate surface area is 144 Å². The number of halogens is 2. The molecular weight excluding hydrogens is 328 g/mol. The van der Waals surface area contributed by atoms with Crippen molar-refractivity contribution in [1.82, 2.24) is 14.9 Å². The Hall–Kier alpha value is -2.41. The zero-order valence-electron chi connectivity index (χ0n) is 14.3. The fourth-order valence-electron chi connectivity index (χ4n) is 3.13. The Balaban J connectivity index is 1.98. The molecule has 1 fully saturated rings. The lowest BCUT2D eigenvalue weighted by Gasteiger charge is -2.25. The highest BCUT2D eigenvalue weighted by Crippen LogP contribution is 2.34. The van der Waals surface area contributed by atoms with Crippen molar-refractivity contribution in [2.45, 2.75) is 39.3 Å². The number of aryl methyl sites for hydroxylation is 3. The van der Waals surface area contributed by atoms with Crippen LogP contribution in [0.25, 0.3) is 0 Å². The third kappa shape index (κ3) is 3.24. The standard InChI is InChI=1S/C18H19F2N3O2/c1-9-10(2)22-17(11(3)21-9)18(25)23-8-13(24)7-16(23)12-4-5-14(19)15(20)6-12/h4-6,13,16,24H,7-8H2,1-3H3. The zero-order valence-corrected chi connectivity index (χ0v) is 14.3. The molecule has 2 atom stereocenters. The van der Waals surface area contributed by atoms with Gasteiger partial charge in [-0.05, 0) is 44.9 Å². The Morgan fingerprint density at radius 3 is 2.48 bits per heavy atom. The summed E-state index contributed by atoms with van der Waals surface area (Å²) in [5.74, 6) is -2.30. The first-order valence-corrected chi connectivity index (χ1v) is 8.03. The molecule has 0 aliphatic carbocycles. The van der Waals surface area contributed by atoms with Gasteiger partial charge in [0.25, 0.3) is 5.91 Å². The molecule has 2 aromatic rings. The maximum atomic E-state index is 13.6. The van der Waals surface area contributed by atoms with Gasteiger partial charge in [0.05, 0.1) is 29.2 Å². The third-order valence-electron chi connectivity index (χ3n) is 4.55. The van der Waals surface area contributed by atoms with E-state index in [0.717, 1.165) is 17.8 Å². The monoisotopic (exact) mass is 347 g/mol. The number of likely N-dealkylation sites (tertiary alicyclic amines) is 1. The van der Waals surface area contributed by atoms with Crippen molar-refractivity contribution in [2.75, 3.05) is 6.54 Å². The normalized spacial score (nSPS) is 20.2. The summed E-state index contributed by atoms with van der Waals surface area (Å²) in [6, 6.07) is 2.98. The Morgan fingerprint density at radius 2 is 1.80 bits per heavy atom. The van der Waals surface area contributed by atoms with Crippen LogP contribution in [0.4, 0.5) is 8.78 Å². The summed E-state index contributed by atoms with van der Waals surface area (Å²) in [5, 5.41) is 10.0. The molecule has 0 saturated carbocycles. The summed E-state index contributed by atoms with van der Waals surface area (Å²) in [6.07, 6.45) is -0.476. The molecule has 0 spiro atoms. The van der Waals surface area contributed by atoms with Gasteiger partial charge >= 0.3 is 0 Å². The van der Waals surface area contributed by atoms with Crippen molar-refractivity contribution in [2.24, 2.45) is 0 Å². The number of aliphatic hydroxyl groups is 1.